The molecule has 3 N–H and O–H groups in total. The molecule has 0 saturated heterocycles. The van der Waals surface area contributed by atoms with E-state index in [1.807, 2.05) is 0 Å². The van der Waals surface area contributed by atoms with Gasteiger partial charge in [0.2, 0.25) is 0 Å². The number of carbonyl (C=O) groups excluding carboxylic acids is 3. The van der Waals surface area contributed by atoms with E-state index < -0.39 is 36.1 Å². The largest absolute Gasteiger partial charge is 0.492 e. The first kappa shape index (κ1) is 27.7. The molecule has 0 atom stereocenters. The number of ether oxygens (including phenoxy) is 2. The van der Waals surface area contributed by atoms with Gasteiger partial charge in [-0.1, -0.05) is 30.3 Å². The zero-order valence-corrected chi connectivity index (χ0v) is 20.0. The maximum absolute atomic E-state index is 12.8. The smallest absolute Gasteiger partial charge is 0.416 e. The number of rotatable bonds is 9. The Labute approximate surface area is 215 Å². The van der Waals surface area contributed by atoms with Crippen molar-refractivity contribution in [1.82, 2.24) is 5.43 Å². The van der Waals surface area contributed by atoms with Gasteiger partial charge in [-0.3, -0.25) is 14.4 Å². The summed E-state index contributed by atoms with van der Waals surface area (Å²) in [6, 6.07) is 17.2. The molecule has 0 fully saturated rings. The Bertz CT molecular complexity index is 1330. The third kappa shape index (κ3) is 8.36. The second-order valence-electron chi connectivity index (χ2n) is 7.57. The summed E-state index contributed by atoms with van der Waals surface area (Å²) < 4.78 is 49.2. The van der Waals surface area contributed by atoms with Crippen LogP contribution in [-0.2, 0) is 20.6 Å². The van der Waals surface area contributed by atoms with Crippen LogP contribution < -0.4 is 25.5 Å². The van der Waals surface area contributed by atoms with Crippen LogP contribution in [0.25, 0.3) is 0 Å². The van der Waals surface area contributed by atoms with Crippen LogP contribution in [0.1, 0.15) is 18.1 Å². The predicted octanol–water partition coefficient (Wildman–Crippen LogP) is 4.21. The van der Waals surface area contributed by atoms with E-state index in [1.54, 1.807) is 49.4 Å². The number of nitrogens with one attached hydrogen (secondary N) is 3. The normalized spacial score (nSPS) is 11.1. The van der Waals surface area contributed by atoms with Crippen LogP contribution in [0.4, 0.5) is 24.5 Å². The topological polar surface area (TPSA) is 118 Å². The van der Waals surface area contributed by atoms with Crippen LogP contribution in [0.5, 0.6) is 11.5 Å². The number of halogens is 3. The second kappa shape index (κ2) is 12.9. The summed E-state index contributed by atoms with van der Waals surface area (Å²) in [5.41, 5.74) is 2.01. The van der Waals surface area contributed by atoms with E-state index >= 15 is 0 Å². The average Bonchev–Trinajstić information content (AvgIpc) is 2.88. The summed E-state index contributed by atoms with van der Waals surface area (Å²) >= 11 is 0. The van der Waals surface area contributed by atoms with Gasteiger partial charge in [0, 0.05) is 5.69 Å². The first-order valence-corrected chi connectivity index (χ1v) is 11.2. The molecular formula is C26H23F3N4O5. The molecule has 0 aliphatic heterocycles. The number of alkyl halides is 3. The number of anilines is 2. The van der Waals surface area contributed by atoms with Gasteiger partial charge in [-0.05, 0) is 55.0 Å². The van der Waals surface area contributed by atoms with Crippen LogP contribution in [0.15, 0.2) is 77.9 Å². The van der Waals surface area contributed by atoms with Gasteiger partial charge in [-0.25, -0.2) is 5.43 Å². The van der Waals surface area contributed by atoms with Gasteiger partial charge < -0.3 is 20.1 Å². The fourth-order valence-electron chi connectivity index (χ4n) is 3.05. The van der Waals surface area contributed by atoms with Crippen molar-refractivity contribution >= 4 is 35.3 Å². The highest BCUT2D eigenvalue weighted by atomic mass is 19.4. The van der Waals surface area contributed by atoms with Gasteiger partial charge in [0.15, 0.2) is 6.61 Å². The number of hydrogen-bond donors (Lipinski definition) is 3. The Morgan fingerprint density at radius 2 is 1.66 bits per heavy atom. The van der Waals surface area contributed by atoms with E-state index in [2.05, 4.69) is 21.2 Å². The number of benzene rings is 3. The molecule has 0 unspecified atom stereocenters. The molecule has 38 heavy (non-hydrogen) atoms. The summed E-state index contributed by atoms with van der Waals surface area (Å²) in [5, 5.41) is 8.53. The lowest BCUT2D eigenvalue weighted by molar-refractivity contribution is -0.137. The van der Waals surface area contributed by atoms with Crippen molar-refractivity contribution in [1.29, 1.82) is 0 Å². The van der Waals surface area contributed by atoms with Gasteiger partial charge in [-0.2, -0.15) is 18.3 Å². The molecule has 0 aliphatic rings. The van der Waals surface area contributed by atoms with Crippen molar-refractivity contribution in [2.24, 2.45) is 5.10 Å². The SMILES string of the molecule is CCOc1ccccc1NC(=O)C(=O)N/N=C\c1cccc(OCC(=O)Nc2cccc(C(F)(F)F)c2)c1. The first-order chi connectivity index (χ1) is 18.2. The molecule has 9 nitrogen and oxygen atoms in total. The van der Waals surface area contributed by atoms with E-state index in [9.17, 15) is 27.6 Å². The lowest BCUT2D eigenvalue weighted by Gasteiger charge is -2.11. The van der Waals surface area contributed by atoms with Crippen molar-refractivity contribution in [2.75, 3.05) is 23.8 Å². The summed E-state index contributed by atoms with van der Waals surface area (Å²) in [7, 11) is 0. The Balaban J connectivity index is 1.50. The van der Waals surface area contributed by atoms with E-state index in [0.29, 0.717) is 23.6 Å². The maximum atomic E-state index is 12.8. The molecule has 3 aromatic rings. The van der Waals surface area contributed by atoms with Gasteiger partial charge in [-0.15, -0.1) is 0 Å². The predicted molar refractivity (Wildman–Crippen MR) is 134 cm³/mol. The lowest BCUT2D eigenvalue weighted by atomic mass is 10.2. The number of hydrogen-bond acceptors (Lipinski definition) is 6. The molecule has 0 aromatic heterocycles. The quantitative estimate of drug-likeness (QED) is 0.219. The lowest BCUT2D eigenvalue weighted by Crippen LogP contribution is -2.32. The Hall–Kier alpha value is -4.87. The monoisotopic (exact) mass is 528 g/mol. The van der Waals surface area contributed by atoms with Crippen LogP contribution in [0.3, 0.4) is 0 Å². The van der Waals surface area contributed by atoms with Crippen molar-refractivity contribution in [2.45, 2.75) is 13.1 Å². The van der Waals surface area contributed by atoms with E-state index in [0.717, 1.165) is 12.1 Å². The molecule has 0 radical (unpaired) electrons. The molecule has 12 heteroatoms. The molecule has 0 heterocycles. The molecule has 0 aliphatic carbocycles. The highest BCUT2D eigenvalue weighted by Crippen LogP contribution is 2.30. The summed E-state index contributed by atoms with van der Waals surface area (Å²) in [6.45, 7) is 1.71. The Morgan fingerprint density at radius 3 is 2.42 bits per heavy atom. The molecule has 3 rings (SSSR count). The molecule has 3 aromatic carbocycles. The zero-order chi connectivity index (χ0) is 27.5. The minimum atomic E-state index is -4.53. The molecular weight excluding hydrogens is 505 g/mol. The fraction of sp³-hybridized carbons (Fsp3) is 0.154. The minimum absolute atomic E-state index is 0.0181. The Kier molecular flexibility index (Phi) is 9.41. The number of para-hydroxylation sites is 2. The van der Waals surface area contributed by atoms with Crippen LogP contribution >= 0.6 is 0 Å². The highest BCUT2D eigenvalue weighted by molar-refractivity contribution is 6.39. The molecule has 198 valence electrons. The maximum Gasteiger partial charge on any atom is 0.416 e. The third-order valence-electron chi connectivity index (χ3n) is 4.72. The van der Waals surface area contributed by atoms with E-state index in [1.165, 1.54) is 24.4 Å². The number of carbonyl (C=O) groups is 3. The van der Waals surface area contributed by atoms with Gasteiger partial charge in [0.1, 0.15) is 11.5 Å². The van der Waals surface area contributed by atoms with Crippen molar-refractivity contribution in [3.8, 4) is 11.5 Å². The average molecular weight is 528 g/mol. The standard InChI is InChI=1S/C26H23F3N4O5/c1-2-37-22-12-4-3-11-21(22)32-24(35)25(36)33-30-15-17-7-5-10-20(13-17)38-16-23(34)31-19-9-6-8-18(14-19)26(27,28)29/h3-15H,2,16H2,1H3,(H,31,34)(H,32,35)(H,33,36)/b30-15-. The van der Waals surface area contributed by atoms with Gasteiger partial charge >= 0.3 is 18.0 Å². The summed E-state index contributed by atoms with van der Waals surface area (Å²) in [4.78, 5) is 36.3. The summed E-state index contributed by atoms with van der Waals surface area (Å²) in [6.07, 6.45) is -3.27. The van der Waals surface area contributed by atoms with Crippen LogP contribution in [0.2, 0.25) is 0 Å². The third-order valence-corrected chi connectivity index (χ3v) is 4.72. The van der Waals surface area contributed by atoms with E-state index in [-0.39, 0.29) is 11.4 Å². The van der Waals surface area contributed by atoms with Gasteiger partial charge in [0.05, 0.1) is 24.1 Å². The number of hydrazone groups is 1. The van der Waals surface area contributed by atoms with Crippen molar-refractivity contribution in [3.05, 3.63) is 83.9 Å². The van der Waals surface area contributed by atoms with Crippen molar-refractivity contribution in [3.63, 3.8) is 0 Å². The molecule has 0 bridgehead atoms. The minimum Gasteiger partial charge on any atom is -0.492 e. The summed E-state index contributed by atoms with van der Waals surface area (Å²) in [5.74, 6) is -1.93. The number of nitrogens with zero attached hydrogens (tertiary/aromatic N) is 1. The van der Waals surface area contributed by atoms with E-state index in [4.69, 9.17) is 9.47 Å². The van der Waals surface area contributed by atoms with Gasteiger partial charge in [0.25, 0.3) is 5.91 Å². The molecule has 0 saturated carbocycles. The fourth-order valence-corrected chi connectivity index (χ4v) is 3.05. The number of amides is 3. The zero-order valence-electron chi connectivity index (χ0n) is 20.0. The Morgan fingerprint density at radius 1 is 0.895 bits per heavy atom. The highest BCUT2D eigenvalue weighted by Gasteiger charge is 2.30. The van der Waals surface area contributed by atoms with Crippen LogP contribution in [0, 0.1) is 0 Å². The second-order valence-corrected chi connectivity index (χ2v) is 7.57. The molecule has 3 amide bonds. The first-order valence-electron chi connectivity index (χ1n) is 11.2. The van der Waals surface area contributed by atoms with Crippen LogP contribution in [-0.4, -0.2) is 37.1 Å². The molecule has 0 spiro atoms. The van der Waals surface area contributed by atoms with Crippen molar-refractivity contribution < 1.29 is 37.0 Å².